The van der Waals surface area contributed by atoms with E-state index < -0.39 is 12.5 Å². The molecule has 23 heavy (non-hydrogen) atoms. The van der Waals surface area contributed by atoms with Crippen LogP contribution in [0.2, 0.25) is 0 Å². The molecule has 0 radical (unpaired) electrons. The number of ether oxygens (including phenoxy) is 2. The van der Waals surface area contributed by atoms with E-state index >= 15 is 0 Å². The molecule has 1 aromatic carbocycles. The molecule has 1 amide bonds. The predicted molar refractivity (Wildman–Crippen MR) is 82.5 cm³/mol. The van der Waals surface area contributed by atoms with Crippen LogP contribution in [0.4, 0.5) is 8.78 Å². The molecule has 0 aliphatic rings. The van der Waals surface area contributed by atoms with E-state index in [1.807, 2.05) is 5.38 Å². The Morgan fingerprint density at radius 3 is 2.78 bits per heavy atom. The third-order valence-corrected chi connectivity index (χ3v) is 3.64. The summed E-state index contributed by atoms with van der Waals surface area (Å²) in [7, 11) is 3.14. The van der Waals surface area contributed by atoms with Gasteiger partial charge in [0.25, 0.3) is 5.91 Å². The van der Waals surface area contributed by atoms with Gasteiger partial charge in [-0.3, -0.25) is 4.79 Å². The van der Waals surface area contributed by atoms with E-state index in [9.17, 15) is 13.6 Å². The molecule has 0 spiro atoms. The van der Waals surface area contributed by atoms with Crippen molar-refractivity contribution < 1.29 is 23.0 Å². The molecule has 0 saturated heterocycles. The fourth-order valence-electron chi connectivity index (χ4n) is 1.71. The number of carbonyl (C=O) groups excluding carboxylic acids is 1. The number of aromatic nitrogens is 1. The van der Waals surface area contributed by atoms with Gasteiger partial charge in [0.1, 0.15) is 0 Å². The summed E-state index contributed by atoms with van der Waals surface area (Å²) in [5, 5.41) is 1.82. The van der Waals surface area contributed by atoms with Crippen LogP contribution >= 0.6 is 11.3 Å². The molecule has 0 saturated carbocycles. The van der Waals surface area contributed by atoms with Gasteiger partial charge < -0.3 is 14.0 Å². The second-order valence-electron chi connectivity index (χ2n) is 4.37. The van der Waals surface area contributed by atoms with Gasteiger partial charge in [-0.1, -0.05) is 6.07 Å². The zero-order valence-corrected chi connectivity index (χ0v) is 13.2. The number of nitrogens with zero attached hydrogens (tertiary/aromatic N) is 2. The molecule has 1 heterocycles. The van der Waals surface area contributed by atoms with E-state index in [0.717, 1.165) is 0 Å². The quantitative estimate of drug-likeness (QED) is 0.787. The SMILES string of the molecule is COc1cc(C=CC(=O)N=c2sccn2C)ccc1OC(F)F. The van der Waals surface area contributed by atoms with Crippen molar-refractivity contribution in [2.75, 3.05) is 7.11 Å². The molecule has 1 aromatic heterocycles. The molecule has 0 atom stereocenters. The van der Waals surface area contributed by atoms with E-state index in [4.69, 9.17) is 4.74 Å². The number of hydrogen-bond donors (Lipinski definition) is 0. The first-order chi connectivity index (χ1) is 11.0. The van der Waals surface area contributed by atoms with Gasteiger partial charge in [-0.2, -0.15) is 13.8 Å². The summed E-state index contributed by atoms with van der Waals surface area (Å²) in [6, 6.07) is 4.38. The summed E-state index contributed by atoms with van der Waals surface area (Å²) in [5.41, 5.74) is 0.600. The van der Waals surface area contributed by atoms with Crippen LogP contribution in [-0.4, -0.2) is 24.2 Å². The summed E-state index contributed by atoms with van der Waals surface area (Å²) in [5.74, 6) is -0.335. The van der Waals surface area contributed by atoms with Crippen molar-refractivity contribution in [3.05, 3.63) is 46.2 Å². The van der Waals surface area contributed by atoms with Crippen molar-refractivity contribution in [3.8, 4) is 11.5 Å². The number of methoxy groups -OCH3 is 1. The van der Waals surface area contributed by atoms with Crippen molar-refractivity contribution in [1.82, 2.24) is 4.57 Å². The lowest BCUT2D eigenvalue weighted by Crippen LogP contribution is -2.11. The van der Waals surface area contributed by atoms with E-state index in [1.165, 1.54) is 48.8 Å². The number of alkyl halides is 2. The number of rotatable bonds is 5. The minimum atomic E-state index is -2.93. The predicted octanol–water partition coefficient (Wildman–Crippen LogP) is 2.84. The van der Waals surface area contributed by atoms with E-state index in [0.29, 0.717) is 10.4 Å². The van der Waals surface area contributed by atoms with Crippen molar-refractivity contribution in [3.63, 3.8) is 0 Å². The molecule has 0 aliphatic heterocycles. The minimum Gasteiger partial charge on any atom is -0.493 e. The first-order valence-electron chi connectivity index (χ1n) is 6.49. The maximum atomic E-state index is 12.3. The number of halogens is 2. The summed E-state index contributed by atoms with van der Waals surface area (Å²) in [6.45, 7) is -2.93. The number of carbonyl (C=O) groups is 1. The van der Waals surface area contributed by atoms with Crippen LogP contribution in [0.15, 0.2) is 40.8 Å². The highest BCUT2D eigenvalue weighted by Gasteiger charge is 2.10. The first kappa shape index (κ1) is 16.9. The molecule has 0 fully saturated rings. The lowest BCUT2D eigenvalue weighted by molar-refractivity contribution is -0.113. The van der Waals surface area contributed by atoms with E-state index in [-0.39, 0.29) is 11.5 Å². The number of benzene rings is 1. The molecule has 0 bridgehead atoms. The lowest BCUT2D eigenvalue weighted by Gasteiger charge is -2.10. The van der Waals surface area contributed by atoms with Gasteiger partial charge in [-0.25, -0.2) is 0 Å². The largest absolute Gasteiger partial charge is 0.493 e. The zero-order valence-electron chi connectivity index (χ0n) is 12.4. The average molecular weight is 340 g/mol. The van der Waals surface area contributed by atoms with E-state index in [2.05, 4.69) is 9.73 Å². The molecule has 8 heteroatoms. The molecular formula is C15H14F2N2O3S. The Balaban J connectivity index is 2.16. The van der Waals surface area contributed by atoms with Crippen molar-refractivity contribution >= 4 is 23.3 Å². The molecule has 5 nitrogen and oxygen atoms in total. The highest BCUT2D eigenvalue weighted by molar-refractivity contribution is 7.07. The van der Waals surface area contributed by atoms with E-state index in [1.54, 1.807) is 17.8 Å². The molecule has 2 rings (SSSR count). The molecule has 0 N–H and O–H groups in total. The molecule has 0 unspecified atom stereocenters. The Labute approximate surface area is 135 Å². The highest BCUT2D eigenvalue weighted by atomic mass is 32.1. The summed E-state index contributed by atoms with van der Waals surface area (Å²) in [4.78, 5) is 16.3. The van der Waals surface area contributed by atoms with Crippen LogP contribution in [0.3, 0.4) is 0 Å². The molecule has 0 aliphatic carbocycles. The highest BCUT2D eigenvalue weighted by Crippen LogP contribution is 2.29. The zero-order chi connectivity index (χ0) is 16.8. The Morgan fingerprint density at radius 2 is 2.17 bits per heavy atom. The van der Waals surface area contributed by atoms with Crippen molar-refractivity contribution in [2.24, 2.45) is 12.0 Å². The smallest absolute Gasteiger partial charge is 0.387 e. The van der Waals surface area contributed by atoms with Crippen LogP contribution in [-0.2, 0) is 11.8 Å². The molecule has 122 valence electrons. The van der Waals surface area contributed by atoms with Gasteiger partial charge in [-0.15, -0.1) is 11.3 Å². The summed E-state index contributed by atoms with van der Waals surface area (Å²) < 4.78 is 35.6. The number of amides is 1. The standard InChI is InChI=1S/C15H14F2N2O3S/c1-19-7-8-23-15(19)18-13(20)6-4-10-3-5-11(22-14(16)17)12(9-10)21-2/h3-9,14H,1-2H3. The number of aryl methyl sites for hydroxylation is 1. The minimum absolute atomic E-state index is 0.0683. The Bertz CT molecular complexity index is 781. The molecular weight excluding hydrogens is 326 g/mol. The third-order valence-electron chi connectivity index (χ3n) is 2.79. The van der Waals surface area contributed by atoms with Crippen LogP contribution in [0.25, 0.3) is 6.08 Å². The van der Waals surface area contributed by atoms with Crippen LogP contribution in [0.1, 0.15) is 5.56 Å². The Kier molecular flexibility index (Phi) is 5.64. The number of thiazole rings is 1. The summed E-state index contributed by atoms with van der Waals surface area (Å²) >= 11 is 1.35. The third kappa shape index (κ3) is 4.75. The van der Waals surface area contributed by atoms with Crippen LogP contribution < -0.4 is 14.3 Å². The summed E-state index contributed by atoms with van der Waals surface area (Å²) in [6.07, 6.45) is 4.61. The van der Waals surface area contributed by atoms with Crippen molar-refractivity contribution in [2.45, 2.75) is 6.61 Å². The second kappa shape index (κ2) is 7.68. The van der Waals surface area contributed by atoms with Crippen LogP contribution in [0, 0.1) is 0 Å². The maximum absolute atomic E-state index is 12.3. The average Bonchev–Trinajstić information content (AvgIpc) is 2.91. The van der Waals surface area contributed by atoms with Gasteiger partial charge in [0, 0.05) is 24.7 Å². The normalized spacial score (nSPS) is 12.1. The molecule has 2 aromatic rings. The second-order valence-corrected chi connectivity index (χ2v) is 5.24. The van der Waals surface area contributed by atoms with Gasteiger partial charge in [0.15, 0.2) is 16.3 Å². The monoisotopic (exact) mass is 340 g/mol. The first-order valence-corrected chi connectivity index (χ1v) is 7.37. The van der Waals surface area contributed by atoms with Gasteiger partial charge in [0.05, 0.1) is 7.11 Å². The fourth-order valence-corrected chi connectivity index (χ4v) is 2.45. The fraction of sp³-hybridized carbons (Fsp3) is 0.200. The van der Waals surface area contributed by atoms with Gasteiger partial charge in [0.2, 0.25) is 0 Å². The van der Waals surface area contributed by atoms with Crippen molar-refractivity contribution in [1.29, 1.82) is 0 Å². The Morgan fingerprint density at radius 1 is 1.39 bits per heavy atom. The lowest BCUT2D eigenvalue weighted by atomic mass is 10.2. The number of hydrogen-bond acceptors (Lipinski definition) is 4. The van der Waals surface area contributed by atoms with Gasteiger partial charge in [-0.05, 0) is 23.8 Å². The van der Waals surface area contributed by atoms with Crippen LogP contribution in [0.5, 0.6) is 11.5 Å². The maximum Gasteiger partial charge on any atom is 0.387 e. The Hall–Kier alpha value is -2.48. The topological polar surface area (TPSA) is 52.8 Å². The van der Waals surface area contributed by atoms with Gasteiger partial charge >= 0.3 is 6.61 Å².